The van der Waals surface area contributed by atoms with Gasteiger partial charge in [0.15, 0.2) is 9.84 Å². The lowest BCUT2D eigenvalue weighted by Gasteiger charge is -2.24. The quantitative estimate of drug-likeness (QED) is 0.407. The maximum absolute atomic E-state index is 13.3. The van der Waals surface area contributed by atoms with Crippen LogP contribution in [-0.4, -0.2) is 8.42 Å². The first-order valence-electron chi connectivity index (χ1n) is 11.1. The highest BCUT2D eigenvalue weighted by molar-refractivity contribution is 7.90. The van der Waals surface area contributed by atoms with Crippen molar-refractivity contribution in [2.45, 2.75) is 69.9 Å². The Morgan fingerprint density at radius 1 is 0.839 bits per heavy atom. The SMILES string of the molecule is CCc1ccc(C(C)(C)C)c(-c2cccc(S(=O)(=O)Cc3cccc(C(C)C)c3)c2)c1. The zero-order valence-electron chi connectivity index (χ0n) is 19.6. The van der Waals surface area contributed by atoms with Crippen molar-refractivity contribution in [2.24, 2.45) is 0 Å². The number of hydrogen-bond donors (Lipinski definition) is 0. The van der Waals surface area contributed by atoms with Gasteiger partial charge in [-0.25, -0.2) is 8.42 Å². The third-order valence-corrected chi connectivity index (χ3v) is 7.46. The summed E-state index contributed by atoms with van der Waals surface area (Å²) in [6.45, 7) is 13.0. The molecule has 0 aromatic heterocycles. The van der Waals surface area contributed by atoms with Crippen LogP contribution in [0, 0.1) is 0 Å². The van der Waals surface area contributed by atoms with Gasteiger partial charge in [0.1, 0.15) is 0 Å². The van der Waals surface area contributed by atoms with Crippen LogP contribution < -0.4 is 0 Å². The third kappa shape index (κ3) is 5.46. The Bertz CT molecular complexity index is 1170. The van der Waals surface area contributed by atoms with E-state index in [-0.39, 0.29) is 11.2 Å². The molecule has 3 heteroatoms. The van der Waals surface area contributed by atoms with Crippen LogP contribution in [0.2, 0.25) is 0 Å². The maximum Gasteiger partial charge on any atom is 0.182 e. The third-order valence-electron chi connectivity index (χ3n) is 5.78. The number of aryl methyl sites for hydroxylation is 1. The van der Waals surface area contributed by atoms with E-state index in [0.717, 1.165) is 28.7 Å². The van der Waals surface area contributed by atoms with Gasteiger partial charge in [0.2, 0.25) is 0 Å². The molecular weight excluding hydrogens is 400 g/mol. The van der Waals surface area contributed by atoms with E-state index in [0.29, 0.717) is 10.8 Å². The second kappa shape index (κ2) is 9.00. The van der Waals surface area contributed by atoms with Gasteiger partial charge in [0.25, 0.3) is 0 Å². The lowest BCUT2D eigenvalue weighted by atomic mass is 9.81. The first kappa shape index (κ1) is 23.3. The Kier molecular flexibility index (Phi) is 6.76. The molecule has 0 aliphatic carbocycles. The van der Waals surface area contributed by atoms with Crippen LogP contribution in [-0.2, 0) is 27.4 Å². The van der Waals surface area contributed by atoms with Crippen LogP contribution >= 0.6 is 0 Å². The summed E-state index contributed by atoms with van der Waals surface area (Å²) in [5.41, 5.74) is 6.51. The molecular formula is C28H34O2S. The van der Waals surface area contributed by atoms with Crippen molar-refractivity contribution in [3.8, 4) is 11.1 Å². The summed E-state index contributed by atoms with van der Waals surface area (Å²) < 4.78 is 26.5. The van der Waals surface area contributed by atoms with Gasteiger partial charge >= 0.3 is 0 Å². The summed E-state index contributed by atoms with van der Waals surface area (Å²) in [5, 5.41) is 0. The van der Waals surface area contributed by atoms with Gasteiger partial charge in [-0.05, 0) is 63.3 Å². The summed E-state index contributed by atoms with van der Waals surface area (Å²) in [7, 11) is -3.45. The summed E-state index contributed by atoms with van der Waals surface area (Å²) in [6, 6.07) is 21.9. The van der Waals surface area contributed by atoms with E-state index >= 15 is 0 Å². The normalized spacial score (nSPS) is 12.4. The van der Waals surface area contributed by atoms with E-state index in [1.807, 2.05) is 36.4 Å². The van der Waals surface area contributed by atoms with E-state index in [4.69, 9.17) is 0 Å². The Labute approximate surface area is 188 Å². The first-order valence-corrected chi connectivity index (χ1v) is 12.7. The van der Waals surface area contributed by atoms with Crippen LogP contribution in [0.1, 0.15) is 69.7 Å². The lowest BCUT2D eigenvalue weighted by Crippen LogP contribution is -2.13. The van der Waals surface area contributed by atoms with E-state index in [2.05, 4.69) is 65.8 Å². The summed E-state index contributed by atoms with van der Waals surface area (Å²) in [6.07, 6.45) is 0.946. The molecule has 0 aliphatic heterocycles. The summed E-state index contributed by atoms with van der Waals surface area (Å²) in [5.74, 6) is 0.380. The van der Waals surface area contributed by atoms with Gasteiger partial charge in [0.05, 0.1) is 10.6 Å². The Hall–Kier alpha value is -2.39. The van der Waals surface area contributed by atoms with E-state index in [9.17, 15) is 8.42 Å². The van der Waals surface area contributed by atoms with Crippen molar-refractivity contribution in [3.05, 3.63) is 89.0 Å². The molecule has 0 aliphatic rings. The molecule has 0 heterocycles. The molecule has 3 aromatic carbocycles. The van der Waals surface area contributed by atoms with E-state index in [1.54, 1.807) is 6.07 Å². The van der Waals surface area contributed by atoms with Gasteiger partial charge in [-0.2, -0.15) is 0 Å². The molecule has 0 bridgehead atoms. The molecule has 0 radical (unpaired) electrons. The van der Waals surface area contributed by atoms with E-state index < -0.39 is 9.84 Å². The molecule has 0 N–H and O–H groups in total. The van der Waals surface area contributed by atoms with Crippen LogP contribution in [0.3, 0.4) is 0 Å². The molecule has 0 atom stereocenters. The van der Waals surface area contributed by atoms with Crippen molar-refractivity contribution in [1.29, 1.82) is 0 Å². The largest absolute Gasteiger partial charge is 0.223 e. The molecule has 0 fully saturated rings. The molecule has 2 nitrogen and oxygen atoms in total. The van der Waals surface area contributed by atoms with Crippen molar-refractivity contribution >= 4 is 9.84 Å². The minimum Gasteiger partial charge on any atom is -0.223 e. The highest BCUT2D eigenvalue weighted by atomic mass is 32.2. The van der Waals surface area contributed by atoms with Crippen LogP contribution in [0.5, 0.6) is 0 Å². The molecule has 3 rings (SSSR count). The molecule has 31 heavy (non-hydrogen) atoms. The van der Waals surface area contributed by atoms with Gasteiger partial charge < -0.3 is 0 Å². The molecule has 0 saturated carbocycles. The van der Waals surface area contributed by atoms with Crippen molar-refractivity contribution < 1.29 is 8.42 Å². The van der Waals surface area contributed by atoms with Crippen molar-refractivity contribution in [1.82, 2.24) is 0 Å². The Morgan fingerprint density at radius 3 is 2.19 bits per heavy atom. The highest BCUT2D eigenvalue weighted by Crippen LogP contribution is 2.35. The lowest BCUT2D eigenvalue weighted by molar-refractivity contribution is 0.591. The van der Waals surface area contributed by atoms with Crippen molar-refractivity contribution in [2.75, 3.05) is 0 Å². The average molecular weight is 435 g/mol. The van der Waals surface area contributed by atoms with Gasteiger partial charge in [0, 0.05) is 0 Å². The minimum atomic E-state index is -3.45. The number of rotatable bonds is 6. The Morgan fingerprint density at radius 2 is 1.55 bits per heavy atom. The minimum absolute atomic E-state index is 0.0120. The second-order valence-corrected chi connectivity index (χ2v) is 11.7. The zero-order chi connectivity index (χ0) is 22.8. The molecule has 0 spiro atoms. The van der Waals surface area contributed by atoms with Crippen molar-refractivity contribution in [3.63, 3.8) is 0 Å². The maximum atomic E-state index is 13.3. The predicted octanol–water partition coefficient (Wildman–Crippen LogP) is 7.31. The summed E-state index contributed by atoms with van der Waals surface area (Å²) in [4.78, 5) is 0.377. The van der Waals surface area contributed by atoms with Gasteiger partial charge in [-0.3, -0.25) is 0 Å². The fraction of sp³-hybridized carbons (Fsp3) is 0.357. The zero-order valence-corrected chi connectivity index (χ0v) is 20.4. The van der Waals surface area contributed by atoms with E-state index in [1.165, 1.54) is 11.1 Å². The standard InChI is InChI=1S/C28H34O2S/c1-7-21-14-15-27(28(4,5)6)26(17-21)24-12-9-13-25(18-24)31(29,30)19-22-10-8-11-23(16-22)20(2)3/h8-18,20H,7,19H2,1-6H3. The fourth-order valence-corrected chi connectivity index (χ4v) is 5.28. The Balaban J connectivity index is 2.03. The molecule has 0 saturated heterocycles. The highest BCUT2D eigenvalue weighted by Gasteiger charge is 2.21. The molecule has 0 amide bonds. The predicted molar refractivity (Wildman–Crippen MR) is 131 cm³/mol. The van der Waals surface area contributed by atoms with Crippen LogP contribution in [0.25, 0.3) is 11.1 Å². The van der Waals surface area contributed by atoms with Gasteiger partial charge in [-0.15, -0.1) is 0 Å². The fourth-order valence-electron chi connectivity index (χ4n) is 3.91. The number of benzene rings is 3. The molecule has 164 valence electrons. The second-order valence-electron chi connectivity index (χ2n) is 9.67. The number of hydrogen-bond acceptors (Lipinski definition) is 2. The summed E-state index contributed by atoms with van der Waals surface area (Å²) >= 11 is 0. The average Bonchev–Trinajstić information content (AvgIpc) is 2.72. The molecule has 3 aromatic rings. The number of sulfone groups is 1. The topological polar surface area (TPSA) is 34.1 Å². The van der Waals surface area contributed by atoms with Crippen LogP contribution in [0.15, 0.2) is 71.6 Å². The monoisotopic (exact) mass is 434 g/mol. The first-order chi connectivity index (χ1) is 14.5. The smallest absolute Gasteiger partial charge is 0.182 e. The van der Waals surface area contributed by atoms with Gasteiger partial charge in [-0.1, -0.05) is 96.1 Å². The van der Waals surface area contributed by atoms with Crippen LogP contribution in [0.4, 0.5) is 0 Å². The molecule has 0 unspecified atom stereocenters.